The van der Waals surface area contributed by atoms with Gasteiger partial charge in [-0.2, -0.15) is 4.31 Å². The Kier molecular flexibility index (Phi) is 10.7. The zero-order chi connectivity index (χ0) is 28.6. The first-order valence-corrected chi connectivity index (χ1v) is 14.7. The molecule has 0 unspecified atom stereocenters. The fraction of sp³-hybridized carbons (Fsp3) is 0.333. The van der Waals surface area contributed by atoms with Crippen molar-refractivity contribution in [1.29, 1.82) is 0 Å². The summed E-state index contributed by atoms with van der Waals surface area (Å²) in [6.07, 6.45) is 1.00. The van der Waals surface area contributed by atoms with Crippen molar-refractivity contribution in [3.05, 3.63) is 101 Å². The molecule has 0 fully saturated rings. The van der Waals surface area contributed by atoms with E-state index >= 15 is 0 Å². The molecule has 3 aromatic carbocycles. The van der Waals surface area contributed by atoms with Gasteiger partial charge in [-0.15, -0.1) is 0 Å². The Morgan fingerprint density at radius 1 is 0.923 bits per heavy atom. The van der Waals surface area contributed by atoms with Gasteiger partial charge in [0.25, 0.3) is 0 Å². The minimum Gasteiger partial charge on any atom is -0.352 e. The van der Waals surface area contributed by atoms with Gasteiger partial charge in [-0.25, -0.2) is 8.42 Å². The van der Waals surface area contributed by atoms with E-state index in [4.69, 9.17) is 11.6 Å². The van der Waals surface area contributed by atoms with Crippen molar-refractivity contribution < 1.29 is 18.0 Å². The first kappa shape index (κ1) is 30.3. The SMILES string of the molecule is CC[C@@H](C)NC(=O)[C@@H](Cc1ccccc1)N(Cc1ccc(Cl)cc1)C(=O)CN(C)S(=O)(=O)c1ccc(C)cc1. The third-order valence-corrected chi connectivity index (χ3v) is 8.69. The van der Waals surface area contributed by atoms with E-state index in [0.29, 0.717) is 5.02 Å². The Labute approximate surface area is 236 Å². The molecule has 0 radical (unpaired) electrons. The van der Waals surface area contributed by atoms with Crippen molar-refractivity contribution in [1.82, 2.24) is 14.5 Å². The second-order valence-electron chi connectivity index (χ2n) is 9.75. The molecule has 9 heteroatoms. The average molecular weight is 570 g/mol. The van der Waals surface area contributed by atoms with Gasteiger partial charge in [0.1, 0.15) is 6.04 Å². The molecule has 1 N–H and O–H groups in total. The molecule has 0 aromatic heterocycles. The third kappa shape index (κ3) is 8.39. The van der Waals surface area contributed by atoms with Gasteiger partial charge in [0, 0.05) is 31.1 Å². The third-order valence-electron chi connectivity index (χ3n) is 6.63. The second kappa shape index (κ2) is 13.7. The van der Waals surface area contributed by atoms with E-state index in [-0.39, 0.29) is 29.8 Å². The van der Waals surface area contributed by atoms with Gasteiger partial charge in [0.15, 0.2) is 0 Å². The summed E-state index contributed by atoms with van der Waals surface area (Å²) in [6, 6.07) is 22.0. The Morgan fingerprint density at radius 2 is 1.54 bits per heavy atom. The molecule has 0 heterocycles. The fourth-order valence-corrected chi connectivity index (χ4v) is 5.28. The van der Waals surface area contributed by atoms with Gasteiger partial charge in [-0.1, -0.05) is 78.7 Å². The maximum Gasteiger partial charge on any atom is 0.243 e. The predicted molar refractivity (Wildman–Crippen MR) is 155 cm³/mol. The molecule has 0 aliphatic carbocycles. The van der Waals surface area contributed by atoms with Crippen LogP contribution in [0.3, 0.4) is 0 Å². The molecule has 0 saturated heterocycles. The van der Waals surface area contributed by atoms with Crippen LogP contribution in [0.25, 0.3) is 0 Å². The number of hydrogen-bond donors (Lipinski definition) is 1. The van der Waals surface area contributed by atoms with Crippen LogP contribution in [0.4, 0.5) is 0 Å². The average Bonchev–Trinajstić information content (AvgIpc) is 2.92. The summed E-state index contributed by atoms with van der Waals surface area (Å²) >= 11 is 6.07. The number of benzene rings is 3. The maximum absolute atomic E-state index is 13.9. The van der Waals surface area contributed by atoms with Crippen LogP contribution in [-0.2, 0) is 32.6 Å². The molecule has 39 heavy (non-hydrogen) atoms. The van der Waals surface area contributed by atoms with E-state index in [2.05, 4.69) is 5.32 Å². The lowest BCUT2D eigenvalue weighted by Crippen LogP contribution is -2.54. The molecule has 2 atom stereocenters. The lowest BCUT2D eigenvalue weighted by atomic mass is 10.0. The summed E-state index contributed by atoms with van der Waals surface area (Å²) < 4.78 is 27.5. The molecular weight excluding hydrogens is 534 g/mol. The molecule has 0 aliphatic rings. The van der Waals surface area contributed by atoms with Crippen molar-refractivity contribution >= 4 is 33.4 Å². The zero-order valence-corrected chi connectivity index (χ0v) is 24.4. The number of nitrogens with zero attached hydrogens (tertiary/aromatic N) is 2. The van der Waals surface area contributed by atoms with Crippen LogP contribution in [0.5, 0.6) is 0 Å². The van der Waals surface area contributed by atoms with Crippen molar-refractivity contribution in [3.63, 3.8) is 0 Å². The number of nitrogens with one attached hydrogen (secondary N) is 1. The first-order valence-electron chi connectivity index (χ1n) is 12.9. The van der Waals surface area contributed by atoms with Crippen molar-refractivity contribution in [2.24, 2.45) is 0 Å². The molecule has 2 amide bonds. The highest BCUT2D eigenvalue weighted by molar-refractivity contribution is 7.89. The van der Waals surface area contributed by atoms with Crippen LogP contribution in [-0.4, -0.2) is 55.1 Å². The summed E-state index contributed by atoms with van der Waals surface area (Å²) in [5, 5.41) is 3.56. The quantitative estimate of drug-likeness (QED) is 0.339. The standard InChI is InChI=1S/C30H36ClN3O4S/c1-5-23(3)32-30(36)28(19-24-9-7-6-8-10-24)34(20-25-13-15-26(31)16-14-25)29(35)21-33(4)39(37,38)27-17-11-22(2)12-18-27/h6-18,23,28H,5,19-21H2,1-4H3,(H,32,36)/t23-,28-/m1/s1. The van der Waals surface area contributed by atoms with Crippen LogP contribution in [0, 0.1) is 6.92 Å². The number of aryl methyl sites for hydroxylation is 1. The minimum absolute atomic E-state index is 0.0900. The highest BCUT2D eigenvalue weighted by Gasteiger charge is 2.33. The Balaban J connectivity index is 1.97. The van der Waals surface area contributed by atoms with Gasteiger partial charge < -0.3 is 10.2 Å². The largest absolute Gasteiger partial charge is 0.352 e. The van der Waals surface area contributed by atoms with E-state index in [0.717, 1.165) is 27.4 Å². The van der Waals surface area contributed by atoms with Crippen molar-refractivity contribution in [3.8, 4) is 0 Å². The van der Waals surface area contributed by atoms with Crippen LogP contribution in [0.15, 0.2) is 83.8 Å². The lowest BCUT2D eigenvalue weighted by molar-refractivity contribution is -0.141. The highest BCUT2D eigenvalue weighted by atomic mass is 35.5. The summed E-state index contributed by atoms with van der Waals surface area (Å²) in [5.41, 5.74) is 2.58. The number of rotatable bonds is 12. The van der Waals surface area contributed by atoms with Crippen LogP contribution >= 0.6 is 11.6 Å². The number of amides is 2. The van der Waals surface area contributed by atoms with E-state index in [1.165, 1.54) is 24.1 Å². The van der Waals surface area contributed by atoms with Crippen LogP contribution in [0.2, 0.25) is 5.02 Å². The highest BCUT2D eigenvalue weighted by Crippen LogP contribution is 2.19. The predicted octanol–water partition coefficient (Wildman–Crippen LogP) is 4.82. The van der Waals surface area contributed by atoms with E-state index in [9.17, 15) is 18.0 Å². The molecule has 0 bridgehead atoms. The summed E-state index contributed by atoms with van der Waals surface area (Å²) in [6.45, 7) is 5.44. The number of carbonyl (C=O) groups excluding carboxylic acids is 2. The van der Waals surface area contributed by atoms with Crippen molar-refractivity contribution in [2.45, 2.75) is 57.1 Å². The van der Waals surface area contributed by atoms with Crippen molar-refractivity contribution in [2.75, 3.05) is 13.6 Å². The van der Waals surface area contributed by atoms with Gasteiger partial charge in [0.2, 0.25) is 21.8 Å². The van der Waals surface area contributed by atoms with E-state index in [1.807, 2.05) is 51.1 Å². The normalized spacial score (nSPS) is 13.1. The minimum atomic E-state index is -3.92. The van der Waals surface area contributed by atoms with Crippen LogP contribution < -0.4 is 5.32 Å². The maximum atomic E-state index is 13.9. The number of likely N-dealkylation sites (N-methyl/N-ethyl adjacent to an activating group) is 1. The number of hydrogen-bond acceptors (Lipinski definition) is 4. The van der Waals surface area contributed by atoms with E-state index < -0.39 is 28.5 Å². The smallest absolute Gasteiger partial charge is 0.243 e. The lowest BCUT2D eigenvalue weighted by Gasteiger charge is -2.33. The Morgan fingerprint density at radius 3 is 2.13 bits per heavy atom. The fourth-order valence-electron chi connectivity index (χ4n) is 4.04. The molecule has 208 valence electrons. The van der Waals surface area contributed by atoms with Crippen LogP contribution in [0.1, 0.15) is 37.0 Å². The number of halogens is 1. The molecule has 0 aliphatic heterocycles. The summed E-state index contributed by atoms with van der Waals surface area (Å²) in [7, 11) is -2.55. The molecule has 7 nitrogen and oxygen atoms in total. The number of carbonyl (C=O) groups is 2. The molecule has 3 rings (SSSR count). The number of sulfonamides is 1. The molecule has 0 spiro atoms. The van der Waals surface area contributed by atoms with Gasteiger partial charge in [0.05, 0.1) is 11.4 Å². The Bertz CT molecular complexity index is 1350. The van der Waals surface area contributed by atoms with E-state index in [1.54, 1.807) is 36.4 Å². The molecule has 0 saturated carbocycles. The monoisotopic (exact) mass is 569 g/mol. The molecule has 3 aromatic rings. The second-order valence-corrected chi connectivity index (χ2v) is 12.2. The zero-order valence-electron chi connectivity index (χ0n) is 22.8. The van der Waals surface area contributed by atoms with Gasteiger partial charge in [-0.3, -0.25) is 9.59 Å². The topological polar surface area (TPSA) is 86.8 Å². The summed E-state index contributed by atoms with van der Waals surface area (Å²) in [5.74, 6) is -0.775. The molecular formula is C30H36ClN3O4S. The van der Waals surface area contributed by atoms with Gasteiger partial charge >= 0.3 is 0 Å². The first-order chi connectivity index (χ1) is 18.5. The Hall–Kier alpha value is -3.20. The van der Waals surface area contributed by atoms with Gasteiger partial charge in [-0.05, 0) is 55.7 Å². The summed E-state index contributed by atoms with van der Waals surface area (Å²) in [4.78, 5) is 29.0.